The molecule has 214 valence electrons. The van der Waals surface area contributed by atoms with Crippen LogP contribution in [0.15, 0.2) is 59.5 Å². The van der Waals surface area contributed by atoms with E-state index in [1.54, 1.807) is 12.1 Å². The molecule has 1 amide bonds. The molecule has 2 fully saturated rings. The van der Waals surface area contributed by atoms with Gasteiger partial charge < -0.3 is 30.0 Å². The highest BCUT2D eigenvalue weighted by molar-refractivity contribution is 7.89. The minimum Gasteiger partial charge on any atom is -0.441 e. The van der Waals surface area contributed by atoms with Gasteiger partial charge in [0, 0.05) is 25.3 Å². The number of benzene rings is 2. The van der Waals surface area contributed by atoms with Crippen molar-refractivity contribution in [2.75, 3.05) is 51.9 Å². The van der Waals surface area contributed by atoms with Gasteiger partial charge in [0.05, 0.1) is 30.8 Å². The van der Waals surface area contributed by atoms with Gasteiger partial charge in [0.1, 0.15) is 6.79 Å². The van der Waals surface area contributed by atoms with Crippen molar-refractivity contribution >= 4 is 21.8 Å². The number of nitrogen functional groups attached to an aromatic ring is 1. The third-order valence-electron chi connectivity index (χ3n) is 7.09. The zero-order valence-corrected chi connectivity index (χ0v) is 23.0. The molecule has 0 spiro atoms. The third-order valence-corrected chi connectivity index (χ3v) is 8.92. The first-order chi connectivity index (χ1) is 18.8. The molecule has 1 aliphatic heterocycles. The fraction of sp³-hybridized carbons (Fsp3) is 0.536. The van der Waals surface area contributed by atoms with Crippen LogP contribution in [0.2, 0.25) is 0 Å². The zero-order chi connectivity index (χ0) is 27.7. The highest BCUT2D eigenvalue weighted by Gasteiger charge is 2.32. The van der Waals surface area contributed by atoms with Crippen LogP contribution >= 0.6 is 0 Å². The molecule has 3 N–H and O–H groups in total. The molecule has 2 aliphatic rings. The van der Waals surface area contributed by atoms with Gasteiger partial charge in [-0.1, -0.05) is 49.2 Å². The number of nitrogens with two attached hydrogens (primary N) is 1. The van der Waals surface area contributed by atoms with E-state index in [1.165, 1.54) is 21.3 Å². The van der Waals surface area contributed by atoms with E-state index in [1.807, 2.05) is 30.3 Å². The first-order valence-corrected chi connectivity index (χ1v) is 14.9. The van der Waals surface area contributed by atoms with Crippen LogP contribution in [0.5, 0.6) is 0 Å². The van der Waals surface area contributed by atoms with Crippen LogP contribution in [0.4, 0.5) is 10.5 Å². The first kappa shape index (κ1) is 29.3. The van der Waals surface area contributed by atoms with E-state index in [-0.39, 0.29) is 43.9 Å². The average molecular weight is 562 g/mol. The van der Waals surface area contributed by atoms with Gasteiger partial charge in [-0.15, -0.1) is 0 Å². The van der Waals surface area contributed by atoms with E-state index >= 15 is 0 Å². The van der Waals surface area contributed by atoms with Gasteiger partial charge in [0.15, 0.2) is 6.10 Å². The lowest BCUT2D eigenvalue weighted by molar-refractivity contribution is -0.154. The summed E-state index contributed by atoms with van der Waals surface area (Å²) in [6.07, 6.45) is 2.27. The molecule has 1 saturated heterocycles. The summed E-state index contributed by atoms with van der Waals surface area (Å²) in [5.41, 5.74) is 7.25. The van der Waals surface area contributed by atoms with E-state index in [9.17, 15) is 18.3 Å². The average Bonchev–Trinajstić information content (AvgIpc) is 3.45. The predicted octanol–water partition coefficient (Wildman–Crippen LogP) is 2.86. The summed E-state index contributed by atoms with van der Waals surface area (Å²) in [4.78, 5) is 14.6. The smallest absolute Gasteiger partial charge is 0.410 e. The Kier molecular flexibility index (Phi) is 10.6. The number of hydrogen-bond donors (Lipinski definition) is 2. The second-order valence-electron chi connectivity index (χ2n) is 10.2. The molecular formula is C28H39N3O7S. The summed E-state index contributed by atoms with van der Waals surface area (Å²) in [5, 5.41) is 11.2. The van der Waals surface area contributed by atoms with Crippen molar-refractivity contribution in [3.05, 3.63) is 60.2 Å². The number of nitrogens with zero attached hydrogens (tertiary/aromatic N) is 2. The Morgan fingerprint density at radius 3 is 2.46 bits per heavy atom. The molecule has 0 aromatic heterocycles. The molecule has 1 saturated carbocycles. The molecule has 39 heavy (non-hydrogen) atoms. The Morgan fingerprint density at radius 2 is 1.77 bits per heavy atom. The van der Waals surface area contributed by atoms with Crippen molar-refractivity contribution in [1.29, 1.82) is 0 Å². The highest BCUT2D eigenvalue weighted by atomic mass is 32.2. The van der Waals surface area contributed by atoms with Crippen LogP contribution in [-0.4, -0.2) is 87.2 Å². The van der Waals surface area contributed by atoms with Crippen molar-refractivity contribution in [2.45, 2.75) is 49.2 Å². The lowest BCUT2D eigenvalue weighted by Crippen LogP contribution is -2.47. The number of carbonyl (C=O) groups is 1. The Hall–Kier alpha value is -2.70. The van der Waals surface area contributed by atoms with E-state index in [2.05, 4.69) is 0 Å². The van der Waals surface area contributed by atoms with Crippen LogP contribution in [0.3, 0.4) is 0 Å². The summed E-state index contributed by atoms with van der Waals surface area (Å²) in [6.45, 7) is 0.968. The molecule has 0 bridgehead atoms. The molecule has 1 heterocycles. The van der Waals surface area contributed by atoms with Crippen LogP contribution < -0.4 is 5.73 Å². The number of amides is 1. The van der Waals surface area contributed by atoms with Gasteiger partial charge in [0.25, 0.3) is 0 Å². The van der Waals surface area contributed by atoms with Gasteiger partial charge in [-0.3, -0.25) is 0 Å². The second-order valence-corrected chi connectivity index (χ2v) is 12.2. The topological polar surface area (TPSA) is 132 Å². The highest BCUT2D eigenvalue weighted by Crippen LogP contribution is 2.28. The van der Waals surface area contributed by atoms with Crippen LogP contribution in [0.1, 0.15) is 31.2 Å². The van der Waals surface area contributed by atoms with Gasteiger partial charge in [0.2, 0.25) is 10.0 Å². The molecule has 11 heteroatoms. The van der Waals surface area contributed by atoms with Crippen molar-refractivity contribution in [3.8, 4) is 0 Å². The van der Waals surface area contributed by atoms with Gasteiger partial charge in [-0.25, -0.2) is 13.2 Å². The number of anilines is 1. The Morgan fingerprint density at radius 1 is 1.05 bits per heavy atom. The van der Waals surface area contributed by atoms with Crippen LogP contribution in [0.25, 0.3) is 0 Å². The zero-order valence-electron chi connectivity index (χ0n) is 22.2. The summed E-state index contributed by atoms with van der Waals surface area (Å²) in [6, 6.07) is 15.9. The summed E-state index contributed by atoms with van der Waals surface area (Å²) >= 11 is 0. The number of aliphatic hydroxyl groups is 1. The predicted molar refractivity (Wildman–Crippen MR) is 146 cm³/mol. The number of aliphatic hydroxyl groups excluding tert-OH is 1. The molecule has 1 atom stereocenters. The fourth-order valence-electron chi connectivity index (χ4n) is 5.04. The normalized spacial score (nSPS) is 17.8. The minimum absolute atomic E-state index is 0.0883. The number of ether oxygens (including phenoxy) is 3. The summed E-state index contributed by atoms with van der Waals surface area (Å²) in [5.74, 6) is 0.221. The molecule has 4 rings (SSSR count). The van der Waals surface area contributed by atoms with Crippen molar-refractivity contribution in [1.82, 2.24) is 9.21 Å². The molecule has 10 nitrogen and oxygen atoms in total. The lowest BCUT2D eigenvalue weighted by Gasteiger charge is -2.31. The SMILES string of the molecule is Nc1cccc(S(=O)(=O)N(CC2CCCC2)C[C@@H](O)CN(CCc2ccccc2)C(=O)OC2COCOC2)c1. The molecule has 0 unspecified atom stereocenters. The maximum absolute atomic E-state index is 13.6. The molecule has 1 aliphatic carbocycles. The molecule has 0 radical (unpaired) electrons. The molecule has 2 aromatic rings. The van der Waals surface area contributed by atoms with Crippen LogP contribution in [-0.2, 0) is 30.7 Å². The van der Waals surface area contributed by atoms with Crippen molar-refractivity contribution < 1.29 is 32.5 Å². The van der Waals surface area contributed by atoms with Crippen molar-refractivity contribution in [2.24, 2.45) is 5.92 Å². The van der Waals surface area contributed by atoms with Gasteiger partial charge in [-0.05, 0) is 48.9 Å². The van der Waals surface area contributed by atoms with Crippen LogP contribution in [0, 0.1) is 5.92 Å². The quantitative estimate of drug-likeness (QED) is 0.378. The second kappa shape index (κ2) is 14.1. The fourth-order valence-corrected chi connectivity index (χ4v) is 6.65. The summed E-state index contributed by atoms with van der Waals surface area (Å²) < 4.78 is 44.6. The largest absolute Gasteiger partial charge is 0.441 e. The number of sulfonamides is 1. The first-order valence-electron chi connectivity index (χ1n) is 13.5. The Bertz CT molecular complexity index is 1150. The minimum atomic E-state index is -3.91. The van der Waals surface area contributed by atoms with Gasteiger partial charge >= 0.3 is 6.09 Å². The molecule has 2 aromatic carbocycles. The monoisotopic (exact) mass is 561 g/mol. The summed E-state index contributed by atoms with van der Waals surface area (Å²) in [7, 11) is -3.91. The van der Waals surface area contributed by atoms with Crippen molar-refractivity contribution in [3.63, 3.8) is 0 Å². The molecular weight excluding hydrogens is 522 g/mol. The number of carbonyl (C=O) groups excluding carboxylic acids is 1. The van der Waals surface area contributed by atoms with E-state index < -0.39 is 28.3 Å². The third kappa shape index (κ3) is 8.64. The van der Waals surface area contributed by atoms with Gasteiger partial charge in [-0.2, -0.15) is 4.31 Å². The standard InChI is InChI=1S/C28H39N3O7S/c29-24-11-6-12-27(15-24)39(34,35)31(16-23-9-4-5-10-23)18-25(32)17-30(14-13-22-7-2-1-3-8-22)28(33)38-26-19-36-21-37-20-26/h1-3,6-8,11-12,15,23,25-26,32H,4-5,9-10,13-14,16-21,29H2/t25-/m0/s1. The van der Waals surface area contributed by atoms with E-state index in [4.69, 9.17) is 19.9 Å². The maximum Gasteiger partial charge on any atom is 0.410 e. The number of hydrogen-bond acceptors (Lipinski definition) is 8. The number of rotatable bonds is 12. The lowest BCUT2D eigenvalue weighted by atomic mass is 10.1. The van der Waals surface area contributed by atoms with E-state index in [0.29, 0.717) is 25.2 Å². The Labute approximate surface area is 230 Å². The Balaban J connectivity index is 1.48. The maximum atomic E-state index is 13.6. The van der Waals surface area contributed by atoms with E-state index in [0.717, 1.165) is 31.2 Å².